The van der Waals surface area contributed by atoms with Crippen molar-refractivity contribution in [2.75, 3.05) is 11.9 Å². The summed E-state index contributed by atoms with van der Waals surface area (Å²) in [6.45, 7) is 3.38. The molecule has 0 aromatic heterocycles. The summed E-state index contributed by atoms with van der Waals surface area (Å²) >= 11 is 0. The normalized spacial score (nSPS) is 11.0. The van der Waals surface area contributed by atoms with Gasteiger partial charge in [-0.15, -0.1) is 0 Å². The van der Waals surface area contributed by atoms with E-state index in [-0.39, 0.29) is 12.4 Å². The second kappa shape index (κ2) is 7.73. The van der Waals surface area contributed by atoms with Crippen molar-refractivity contribution in [1.82, 2.24) is 5.32 Å². The second-order valence-electron chi connectivity index (χ2n) is 6.04. The Labute approximate surface area is 141 Å². The van der Waals surface area contributed by atoms with Crippen LogP contribution in [0.25, 0.3) is 0 Å². The van der Waals surface area contributed by atoms with Crippen LogP contribution < -0.4 is 10.6 Å². The standard InChI is InChI=1S/C19H21FN2O2/c1-19(2,18(24)22-15-9-4-3-5-10-15)17(23)21-13-12-14-8-6-7-11-16(14)20/h3-11H,12-13H2,1-2H3,(H,21,23)(H,22,24). The monoisotopic (exact) mass is 328 g/mol. The molecule has 2 amide bonds. The summed E-state index contributed by atoms with van der Waals surface area (Å²) < 4.78 is 13.5. The molecule has 0 saturated heterocycles. The molecule has 2 aromatic carbocycles. The maximum Gasteiger partial charge on any atom is 0.239 e. The minimum Gasteiger partial charge on any atom is -0.355 e. The number of carbonyl (C=O) groups excluding carboxylic acids is 2. The largest absolute Gasteiger partial charge is 0.355 e. The summed E-state index contributed by atoms with van der Waals surface area (Å²) in [5.74, 6) is -1.09. The molecule has 126 valence electrons. The first-order valence-electron chi connectivity index (χ1n) is 7.79. The Morgan fingerprint density at radius 3 is 2.25 bits per heavy atom. The molecule has 0 bridgehead atoms. The molecule has 0 fully saturated rings. The van der Waals surface area contributed by atoms with Gasteiger partial charge >= 0.3 is 0 Å². The predicted molar refractivity (Wildman–Crippen MR) is 92.0 cm³/mol. The van der Waals surface area contributed by atoms with Crippen molar-refractivity contribution in [2.45, 2.75) is 20.3 Å². The molecule has 24 heavy (non-hydrogen) atoms. The van der Waals surface area contributed by atoms with Gasteiger partial charge in [-0.25, -0.2) is 4.39 Å². The molecule has 2 aromatic rings. The quantitative estimate of drug-likeness (QED) is 0.800. The van der Waals surface area contributed by atoms with E-state index in [9.17, 15) is 14.0 Å². The maximum absolute atomic E-state index is 13.5. The highest BCUT2D eigenvalue weighted by molar-refractivity contribution is 6.09. The molecule has 0 saturated carbocycles. The van der Waals surface area contributed by atoms with Crippen molar-refractivity contribution in [2.24, 2.45) is 5.41 Å². The highest BCUT2D eigenvalue weighted by atomic mass is 19.1. The van der Waals surface area contributed by atoms with E-state index in [4.69, 9.17) is 0 Å². The number of carbonyl (C=O) groups is 2. The summed E-state index contributed by atoms with van der Waals surface area (Å²) in [7, 11) is 0. The van der Waals surface area contributed by atoms with Crippen molar-refractivity contribution >= 4 is 17.5 Å². The van der Waals surface area contributed by atoms with Crippen LogP contribution in [0.3, 0.4) is 0 Å². The second-order valence-corrected chi connectivity index (χ2v) is 6.04. The van der Waals surface area contributed by atoms with Gasteiger partial charge in [-0.1, -0.05) is 36.4 Å². The van der Waals surface area contributed by atoms with Crippen molar-refractivity contribution in [3.05, 3.63) is 66.0 Å². The van der Waals surface area contributed by atoms with E-state index in [1.54, 1.807) is 56.3 Å². The molecule has 0 unspecified atom stereocenters. The lowest BCUT2D eigenvalue weighted by atomic mass is 9.91. The molecule has 0 heterocycles. The number of para-hydroxylation sites is 1. The first-order chi connectivity index (χ1) is 11.4. The van der Waals surface area contributed by atoms with Crippen LogP contribution in [0.5, 0.6) is 0 Å². The molecular weight excluding hydrogens is 307 g/mol. The zero-order valence-corrected chi connectivity index (χ0v) is 13.8. The minimum atomic E-state index is -1.23. The molecule has 5 heteroatoms. The number of benzene rings is 2. The lowest BCUT2D eigenvalue weighted by molar-refractivity contribution is -0.138. The van der Waals surface area contributed by atoms with Gasteiger partial charge in [0.15, 0.2) is 0 Å². The summed E-state index contributed by atoms with van der Waals surface area (Å²) in [5, 5.41) is 5.42. The van der Waals surface area contributed by atoms with E-state index in [0.29, 0.717) is 17.7 Å². The third-order valence-electron chi connectivity index (χ3n) is 3.80. The Morgan fingerprint density at radius 2 is 1.58 bits per heavy atom. The molecular formula is C19H21FN2O2. The third-order valence-corrected chi connectivity index (χ3v) is 3.80. The van der Waals surface area contributed by atoms with Crippen LogP contribution >= 0.6 is 0 Å². The number of hydrogen-bond donors (Lipinski definition) is 2. The zero-order valence-electron chi connectivity index (χ0n) is 13.8. The topological polar surface area (TPSA) is 58.2 Å². The van der Waals surface area contributed by atoms with Crippen molar-refractivity contribution < 1.29 is 14.0 Å². The van der Waals surface area contributed by atoms with Crippen LogP contribution in [-0.4, -0.2) is 18.4 Å². The van der Waals surface area contributed by atoms with E-state index in [0.717, 1.165) is 0 Å². The van der Waals surface area contributed by atoms with Crippen LogP contribution in [0.1, 0.15) is 19.4 Å². The first kappa shape index (κ1) is 17.7. The van der Waals surface area contributed by atoms with Gasteiger partial charge in [-0.3, -0.25) is 9.59 Å². The van der Waals surface area contributed by atoms with Gasteiger partial charge < -0.3 is 10.6 Å². The van der Waals surface area contributed by atoms with Gasteiger partial charge in [-0.2, -0.15) is 0 Å². The van der Waals surface area contributed by atoms with Crippen molar-refractivity contribution in [3.8, 4) is 0 Å². The molecule has 2 N–H and O–H groups in total. The van der Waals surface area contributed by atoms with E-state index in [1.807, 2.05) is 6.07 Å². The first-order valence-corrected chi connectivity index (χ1v) is 7.79. The fourth-order valence-corrected chi connectivity index (χ4v) is 2.14. The Bertz CT molecular complexity index is 714. The van der Waals surface area contributed by atoms with Crippen LogP contribution in [0.15, 0.2) is 54.6 Å². The molecule has 0 atom stereocenters. The molecule has 2 rings (SSSR count). The Kier molecular flexibility index (Phi) is 5.68. The highest BCUT2D eigenvalue weighted by Gasteiger charge is 2.35. The van der Waals surface area contributed by atoms with E-state index < -0.39 is 17.2 Å². The molecule has 0 aliphatic rings. The number of rotatable bonds is 6. The van der Waals surface area contributed by atoms with Crippen LogP contribution in [0.4, 0.5) is 10.1 Å². The van der Waals surface area contributed by atoms with Gasteiger partial charge in [0.1, 0.15) is 11.2 Å². The maximum atomic E-state index is 13.5. The lowest BCUT2D eigenvalue weighted by Gasteiger charge is -2.22. The van der Waals surface area contributed by atoms with Gasteiger partial charge in [0.05, 0.1) is 0 Å². The zero-order chi connectivity index (χ0) is 17.6. The smallest absolute Gasteiger partial charge is 0.239 e. The van der Waals surface area contributed by atoms with E-state index in [1.165, 1.54) is 6.07 Å². The van der Waals surface area contributed by atoms with Crippen molar-refractivity contribution in [1.29, 1.82) is 0 Å². The average molecular weight is 328 g/mol. The fourth-order valence-electron chi connectivity index (χ4n) is 2.14. The minimum absolute atomic E-state index is 0.266. The Morgan fingerprint density at radius 1 is 0.958 bits per heavy atom. The van der Waals surface area contributed by atoms with Gasteiger partial charge in [-0.05, 0) is 44.0 Å². The number of halogens is 1. The highest BCUT2D eigenvalue weighted by Crippen LogP contribution is 2.19. The number of anilines is 1. The molecule has 0 aliphatic carbocycles. The Hall–Kier alpha value is -2.69. The van der Waals surface area contributed by atoms with Crippen molar-refractivity contribution in [3.63, 3.8) is 0 Å². The molecule has 0 aliphatic heterocycles. The summed E-state index contributed by atoms with van der Waals surface area (Å²) in [6.07, 6.45) is 0.370. The molecule has 4 nitrogen and oxygen atoms in total. The molecule has 0 spiro atoms. The number of nitrogens with one attached hydrogen (secondary N) is 2. The number of hydrogen-bond acceptors (Lipinski definition) is 2. The van der Waals surface area contributed by atoms with Gasteiger partial charge in [0, 0.05) is 12.2 Å². The van der Waals surface area contributed by atoms with Gasteiger partial charge in [0.2, 0.25) is 11.8 Å². The van der Waals surface area contributed by atoms with E-state index in [2.05, 4.69) is 10.6 Å². The third kappa shape index (κ3) is 4.41. The average Bonchev–Trinajstić information content (AvgIpc) is 2.57. The molecule has 0 radical (unpaired) electrons. The van der Waals surface area contributed by atoms with Crippen LogP contribution in [0.2, 0.25) is 0 Å². The van der Waals surface area contributed by atoms with Gasteiger partial charge in [0.25, 0.3) is 0 Å². The predicted octanol–water partition coefficient (Wildman–Crippen LogP) is 3.15. The summed E-state index contributed by atoms with van der Waals surface area (Å²) in [4.78, 5) is 24.6. The van der Waals surface area contributed by atoms with E-state index >= 15 is 0 Å². The summed E-state index contributed by atoms with van der Waals surface area (Å²) in [6, 6.07) is 15.4. The van der Waals surface area contributed by atoms with Crippen LogP contribution in [0, 0.1) is 11.2 Å². The number of amides is 2. The lowest BCUT2D eigenvalue weighted by Crippen LogP contribution is -2.45. The van der Waals surface area contributed by atoms with Crippen LogP contribution in [-0.2, 0) is 16.0 Å². The fraction of sp³-hybridized carbons (Fsp3) is 0.263. The summed E-state index contributed by atoms with van der Waals surface area (Å²) in [5.41, 5.74) is -0.0653. The SMILES string of the molecule is CC(C)(C(=O)NCCc1ccccc1F)C(=O)Nc1ccccc1. The Balaban J connectivity index is 1.90.